The average Bonchev–Trinajstić information content (AvgIpc) is 2.84. The monoisotopic (exact) mass is 311 g/mol. The number of carboxylic acids is 1. The van der Waals surface area contributed by atoms with Crippen molar-refractivity contribution < 1.29 is 19.8 Å². The SMILES string of the molecule is CC(C)C1(C(=O)O)CCN(C(=O)c2ccc(Cl)cc2O)C1. The topological polar surface area (TPSA) is 77.8 Å². The van der Waals surface area contributed by atoms with Gasteiger partial charge in [-0.25, -0.2) is 0 Å². The van der Waals surface area contributed by atoms with Crippen LogP contribution >= 0.6 is 11.6 Å². The van der Waals surface area contributed by atoms with E-state index in [0.29, 0.717) is 18.0 Å². The van der Waals surface area contributed by atoms with Crippen LogP contribution in [-0.4, -0.2) is 40.1 Å². The minimum atomic E-state index is -0.919. The fraction of sp³-hybridized carbons (Fsp3) is 0.467. The molecule has 0 spiro atoms. The molecule has 1 aromatic carbocycles. The second-order valence-electron chi connectivity index (χ2n) is 5.75. The maximum absolute atomic E-state index is 12.4. The predicted molar refractivity (Wildman–Crippen MR) is 78.5 cm³/mol. The van der Waals surface area contributed by atoms with Crippen molar-refractivity contribution in [1.82, 2.24) is 4.90 Å². The summed E-state index contributed by atoms with van der Waals surface area (Å²) in [7, 11) is 0. The van der Waals surface area contributed by atoms with Crippen molar-refractivity contribution in [2.45, 2.75) is 20.3 Å². The molecule has 2 rings (SSSR count). The van der Waals surface area contributed by atoms with E-state index in [2.05, 4.69) is 0 Å². The number of aliphatic carboxylic acids is 1. The largest absolute Gasteiger partial charge is 0.507 e. The third-order valence-electron chi connectivity index (χ3n) is 4.31. The number of hydrogen-bond acceptors (Lipinski definition) is 3. The third-order valence-corrected chi connectivity index (χ3v) is 4.54. The molecule has 1 aliphatic rings. The van der Waals surface area contributed by atoms with Gasteiger partial charge in [-0.15, -0.1) is 0 Å². The van der Waals surface area contributed by atoms with Gasteiger partial charge >= 0.3 is 5.97 Å². The van der Waals surface area contributed by atoms with E-state index in [1.54, 1.807) is 0 Å². The normalized spacial score (nSPS) is 21.8. The lowest BCUT2D eigenvalue weighted by Crippen LogP contribution is -2.40. The van der Waals surface area contributed by atoms with E-state index in [-0.39, 0.29) is 29.7 Å². The van der Waals surface area contributed by atoms with Crippen LogP contribution in [0.25, 0.3) is 0 Å². The zero-order valence-electron chi connectivity index (χ0n) is 12.0. The number of amides is 1. The molecule has 5 nitrogen and oxygen atoms in total. The molecule has 1 aromatic rings. The predicted octanol–water partition coefficient (Wildman–Crippen LogP) is 2.62. The van der Waals surface area contributed by atoms with E-state index in [1.165, 1.54) is 23.1 Å². The highest BCUT2D eigenvalue weighted by molar-refractivity contribution is 6.30. The Morgan fingerprint density at radius 3 is 2.52 bits per heavy atom. The second kappa shape index (κ2) is 5.56. The first kappa shape index (κ1) is 15.6. The second-order valence-corrected chi connectivity index (χ2v) is 6.19. The molecular weight excluding hydrogens is 294 g/mol. The van der Waals surface area contributed by atoms with Gasteiger partial charge in [-0.3, -0.25) is 9.59 Å². The van der Waals surface area contributed by atoms with E-state index in [1.807, 2.05) is 13.8 Å². The van der Waals surface area contributed by atoms with Crippen LogP contribution in [0.15, 0.2) is 18.2 Å². The summed E-state index contributed by atoms with van der Waals surface area (Å²) in [5, 5.41) is 19.7. The third kappa shape index (κ3) is 2.70. The number of rotatable bonds is 3. The molecule has 2 N–H and O–H groups in total. The molecule has 1 heterocycles. The quantitative estimate of drug-likeness (QED) is 0.899. The molecule has 0 saturated carbocycles. The molecule has 114 valence electrons. The lowest BCUT2D eigenvalue weighted by atomic mass is 9.76. The summed E-state index contributed by atoms with van der Waals surface area (Å²) in [6, 6.07) is 4.28. The zero-order chi connectivity index (χ0) is 15.8. The number of benzene rings is 1. The first-order valence-electron chi connectivity index (χ1n) is 6.79. The highest BCUT2D eigenvalue weighted by Crippen LogP contribution is 2.39. The fourth-order valence-corrected chi connectivity index (χ4v) is 2.92. The molecule has 0 aromatic heterocycles. The van der Waals surface area contributed by atoms with Crippen LogP contribution < -0.4 is 0 Å². The molecule has 1 atom stereocenters. The van der Waals surface area contributed by atoms with Gasteiger partial charge in [-0.1, -0.05) is 25.4 Å². The van der Waals surface area contributed by atoms with Crippen LogP contribution in [0, 0.1) is 11.3 Å². The number of phenols is 1. The molecule has 0 aliphatic carbocycles. The average molecular weight is 312 g/mol. The van der Waals surface area contributed by atoms with Crippen LogP contribution in [-0.2, 0) is 4.79 Å². The number of likely N-dealkylation sites (tertiary alicyclic amines) is 1. The Bertz CT molecular complexity index is 587. The van der Waals surface area contributed by atoms with Crippen LogP contribution in [0.4, 0.5) is 0 Å². The first-order chi connectivity index (χ1) is 9.78. The Labute approximate surface area is 128 Å². The molecule has 1 fully saturated rings. The van der Waals surface area contributed by atoms with Crippen molar-refractivity contribution in [3.63, 3.8) is 0 Å². The maximum Gasteiger partial charge on any atom is 0.311 e. The van der Waals surface area contributed by atoms with E-state index in [0.717, 1.165) is 0 Å². The molecule has 6 heteroatoms. The van der Waals surface area contributed by atoms with Gasteiger partial charge in [0.1, 0.15) is 5.75 Å². The molecular formula is C15H18ClNO4. The van der Waals surface area contributed by atoms with Crippen LogP contribution in [0.5, 0.6) is 5.75 Å². The summed E-state index contributed by atoms with van der Waals surface area (Å²) in [5.74, 6) is -1.52. The Hall–Kier alpha value is -1.75. The summed E-state index contributed by atoms with van der Waals surface area (Å²) in [5.41, 5.74) is -0.776. The van der Waals surface area contributed by atoms with Crippen molar-refractivity contribution in [1.29, 1.82) is 0 Å². The van der Waals surface area contributed by atoms with Gasteiger partial charge in [-0.05, 0) is 30.5 Å². The molecule has 0 bridgehead atoms. The number of phenolic OH excluding ortho intramolecular Hbond substituents is 1. The van der Waals surface area contributed by atoms with Gasteiger partial charge in [0, 0.05) is 18.1 Å². The van der Waals surface area contributed by atoms with Gasteiger partial charge in [0.15, 0.2) is 0 Å². The summed E-state index contributed by atoms with van der Waals surface area (Å²) >= 11 is 5.75. The lowest BCUT2D eigenvalue weighted by molar-refractivity contribution is -0.150. The lowest BCUT2D eigenvalue weighted by Gasteiger charge is -2.28. The molecule has 21 heavy (non-hydrogen) atoms. The van der Waals surface area contributed by atoms with Gasteiger partial charge in [-0.2, -0.15) is 0 Å². The summed E-state index contributed by atoms with van der Waals surface area (Å²) < 4.78 is 0. The van der Waals surface area contributed by atoms with E-state index >= 15 is 0 Å². The number of halogens is 1. The number of carbonyl (C=O) groups is 2. The summed E-state index contributed by atoms with van der Waals surface area (Å²) in [6.07, 6.45) is 0.417. The van der Waals surface area contributed by atoms with Crippen LogP contribution in [0.2, 0.25) is 5.02 Å². The summed E-state index contributed by atoms with van der Waals surface area (Å²) in [6.45, 7) is 4.22. The highest BCUT2D eigenvalue weighted by atomic mass is 35.5. The van der Waals surface area contributed by atoms with Crippen LogP contribution in [0.1, 0.15) is 30.6 Å². The zero-order valence-corrected chi connectivity index (χ0v) is 12.7. The number of aromatic hydroxyl groups is 1. The van der Waals surface area contributed by atoms with E-state index < -0.39 is 11.4 Å². The standard InChI is InChI=1S/C15H18ClNO4/c1-9(2)15(14(20)21)5-6-17(8-15)13(19)11-4-3-10(16)7-12(11)18/h3-4,7,9,18H,5-6,8H2,1-2H3,(H,20,21). The van der Waals surface area contributed by atoms with Gasteiger partial charge in [0.2, 0.25) is 0 Å². The minimum Gasteiger partial charge on any atom is -0.507 e. The number of carbonyl (C=O) groups excluding carboxylic acids is 1. The number of nitrogens with zero attached hydrogens (tertiary/aromatic N) is 1. The van der Waals surface area contributed by atoms with Gasteiger partial charge in [0.05, 0.1) is 11.0 Å². The van der Waals surface area contributed by atoms with E-state index in [4.69, 9.17) is 11.6 Å². The van der Waals surface area contributed by atoms with Crippen LogP contribution in [0.3, 0.4) is 0 Å². The Morgan fingerprint density at radius 2 is 2.05 bits per heavy atom. The van der Waals surface area contributed by atoms with Crippen molar-refractivity contribution in [2.75, 3.05) is 13.1 Å². The minimum absolute atomic E-state index is 0.0772. The number of hydrogen-bond donors (Lipinski definition) is 2. The Balaban J connectivity index is 2.25. The smallest absolute Gasteiger partial charge is 0.311 e. The van der Waals surface area contributed by atoms with Crippen molar-refractivity contribution in [2.24, 2.45) is 11.3 Å². The van der Waals surface area contributed by atoms with Crippen molar-refractivity contribution in [3.8, 4) is 5.75 Å². The Kier molecular flexibility index (Phi) is 4.14. The fourth-order valence-electron chi connectivity index (χ4n) is 2.76. The van der Waals surface area contributed by atoms with Crippen molar-refractivity contribution in [3.05, 3.63) is 28.8 Å². The molecule has 1 saturated heterocycles. The maximum atomic E-state index is 12.4. The highest BCUT2D eigenvalue weighted by Gasteiger charge is 2.48. The van der Waals surface area contributed by atoms with E-state index in [9.17, 15) is 19.8 Å². The molecule has 1 amide bonds. The van der Waals surface area contributed by atoms with Gasteiger partial charge in [0.25, 0.3) is 5.91 Å². The molecule has 0 radical (unpaired) electrons. The van der Waals surface area contributed by atoms with Gasteiger partial charge < -0.3 is 15.1 Å². The molecule has 1 unspecified atom stereocenters. The summed E-state index contributed by atoms with van der Waals surface area (Å²) in [4.78, 5) is 25.5. The first-order valence-corrected chi connectivity index (χ1v) is 7.17. The number of carboxylic acid groups (broad SMARTS) is 1. The Morgan fingerprint density at radius 1 is 1.38 bits per heavy atom. The molecule has 1 aliphatic heterocycles. The van der Waals surface area contributed by atoms with Crippen molar-refractivity contribution >= 4 is 23.5 Å².